The zero-order valence-corrected chi connectivity index (χ0v) is 31.0. The van der Waals surface area contributed by atoms with Crippen LogP contribution >= 0.6 is 0 Å². The molecule has 0 rings (SSSR count). The fraction of sp³-hybridized carbons (Fsp3) is 0.674. The van der Waals surface area contributed by atoms with E-state index in [-0.39, 0.29) is 25.2 Å². The van der Waals surface area contributed by atoms with E-state index in [0.29, 0.717) is 12.8 Å². The number of rotatable bonds is 34. The maximum atomic E-state index is 12.2. The Kier molecular flexibility index (Phi) is 36.6. The number of hydrogen-bond acceptors (Lipinski definition) is 5. The topological polar surface area (TPSA) is 72.8 Å². The molecule has 0 aliphatic heterocycles. The molecule has 0 fully saturated rings. The lowest BCUT2D eigenvalue weighted by atomic mass is 10.1. The second-order valence-corrected chi connectivity index (χ2v) is 12.6. The van der Waals surface area contributed by atoms with Crippen molar-refractivity contribution in [3.05, 3.63) is 72.9 Å². The Hall–Kier alpha value is -2.66. The maximum Gasteiger partial charge on any atom is 0.306 e. The summed E-state index contributed by atoms with van der Waals surface area (Å²) in [5.74, 6) is -0.648. The average molecular weight is 669 g/mol. The van der Waals surface area contributed by atoms with E-state index < -0.39 is 6.10 Å². The van der Waals surface area contributed by atoms with Gasteiger partial charge in [-0.2, -0.15) is 0 Å². The van der Waals surface area contributed by atoms with Crippen molar-refractivity contribution in [2.45, 2.75) is 174 Å². The molecule has 0 aliphatic rings. The van der Waals surface area contributed by atoms with Gasteiger partial charge in [-0.05, 0) is 89.9 Å². The summed E-state index contributed by atoms with van der Waals surface area (Å²) in [4.78, 5) is 24.2. The van der Waals surface area contributed by atoms with E-state index in [0.717, 1.165) is 89.9 Å². The minimum atomic E-state index is -0.795. The number of hydrogen-bond donors (Lipinski definition) is 1. The van der Waals surface area contributed by atoms with Crippen molar-refractivity contribution in [2.75, 3.05) is 13.2 Å². The van der Waals surface area contributed by atoms with Crippen LogP contribution in [0.1, 0.15) is 168 Å². The third-order valence-electron chi connectivity index (χ3n) is 7.97. The molecule has 0 amide bonds. The molecule has 0 saturated carbocycles. The molecule has 0 aromatic heterocycles. The van der Waals surface area contributed by atoms with Crippen LogP contribution in [0, 0.1) is 0 Å². The number of aliphatic hydroxyl groups excluding tert-OH is 1. The highest BCUT2D eigenvalue weighted by atomic mass is 16.6. The van der Waals surface area contributed by atoms with Gasteiger partial charge in [0, 0.05) is 12.8 Å². The first-order valence-electron chi connectivity index (χ1n) is 19.5. The molecular weight excluding hydrogens is 596 g/mol. The van der Waals surface area contributed by atoms with Gasteiger partial charge in [-0.25, -0.2) is 0 Å². The van der Waals surface area contributed by atoms with Crippen molar-refractivity contribution in [3.8, 4) is 0 Å². The zero-order chi connectivity index (χ0) is 35.0. The fourth-order valence-electron chi connectivity index (χ4n) is 4.98. The summed E-state index contributed by atoms with van der Waals surface area (Å²) in [5, 5.41) is 9.55. The highest BCUT2D eigenvalue weighted by Gasteiger charge is 2.16. The lowest BCUT2D eigenvalue weighted by molar-refractivity contribution is -0.161. The first-order chi connectivity index (χ1) is 23.6. The van der Waals surface area contributed by atoms with Crippen LogP contribution in [0.5, 0.6) is 0 Å². The van der Waals surface area contributed by atoms with E-state index in [4.69, 9.17) is 9.47 Å². The van der Waals surface area contributed by atoms with Crippen molar-refractivity contribution in [2.24, 2.45) is 0 Å². The number of esters is 2. The summed E-state index contributed by atoms with van der Waals surface area (Å²) < 4.78 is 10.6. The van der Waals surface area contributed by atoms with Crippen LogP contribution in [0.15, 0.2) is 72.9 Å². The van der Waals surface area contributed by atoms with Crippen LogP contribution in [0.4, 0.5) is 0 Å². The molecule has 5 nitrogen and oxygen atoms in total. The van der Waals surface area contributed by atoms with Gasteiger partial charge in [0.2, 0.25) is 0 Å². The second-order valence-electron chi connectivity index (χ2n) is 12.6. The molecule has 1 N–H and O–H groups in total. The average Bonchev–Trinajstić information content (AvgIpc) is 3.09. The van der Waals surface area contributed by atoms with Crippen LogP contribution in [0.25, 0.3) is 0 Å². The van der Waals surface area contributed by atoms with Gasteiger partial charge in [0.05, 0.1) is 6.61 Å². The molecule has 0 aromatic rings. The quantitative estimate of drug-likeness (QED) is 0.0420. The van der Waals surface area contributed by atoms with Crippen molar-refractivity contribution in [1.82, 2.24) is 0 Å². The molecule has 0 unspecified atom stereocenters. The van der Waals surface area contributed by atoms with Crippen molar-refractivity contribution in [3.63, 3.8) is 0 Å². The van der Waals surface area contributed by atoms with E-state index in [1.807, 2.05) is 0 Å². The number of aliphatic hydroxyl groups is 1. The van der Waals surface area contributed by atoms with Crippen molar-refractivity contribution >= 4 is 11.9 Å². The molecule has 5 heteroatoms. The van der Waals surface area contributed by atoms with E-state index in [1.165, 1.54) is 51.4 Å². The van der Waals surface area contributed by atoms with Gasteiger partial charge in [0.25, 0.3) is 0 Å². The molecule has 0 heterocycles. The van der Waals surface area contributed by atoms with Gasteiger partial charge in [0.15, 0.2) is 6.10 Å². The predicted molar refractivity (Wildman–Crippen MR) is 205 cm³/mol. The van der Waals surface area contributed by atoms with Gasteiger partial charge < -0.3 is 14.6 Å². The Bertz CT molecular complexity index is 895. The fourth-order valence-corrected chi connectivity index (χ4v) is 4.98. The first-order valence-corrected chi connectivity index (χ1v) is 19.5. The molecule has 0 saturated heterocycles. The Morgan fingerprint density at radius 3 is 1.23 bits per heavy atom. The van der Waals surface area contributed by atoms with Crippen LogP contribution in [0.3, 0.4) is 0 Å². The monoisotopic (exact) mass is 669 g/mol. The molecule has 0 bridgehead atoms. The standard InChI is InChI=1S/C43H72O5/c1-3-5-7-9-11-13-15-17-19-21-23-25-27-29-31-33-35-37-42(45)47-40-41(39-44)48-43(46)38-36-34-32-30-28-26-24-22-20-18-16-14-12-10-8-6-4-2/h11-14,17-20,23-26,41,44H,3-10,15-16,21-22,27-40H2,1-2H3/b13-11-,14-12-,19-17-,20-18-,25-23-,26-24-/t41-/m0/s1. The van der Waals surface area contributed by atoms with Crippen LogP contribution < -0.4 is 0 Å². The number of ether oxygens (including phenoxy) is 2. The van der Waals surface area contributed by atoms with Gasteiger partial charge in [-0.1, -0.05) is 138 Å². The molecular formula is C43H72O5. The maximum absolute atomic E-state index is 12.2. The summed E-state index contributed by atoms with van der Waals surface area (Å²) in [6.07, 6.45) is 50.9. The largest absolute Gasteiger partial charge is 0.462 e. The highest BCUT2D eigenvalue weighted by molar-refractivity contribution is 5.70. The highest BCUT2D eigenvalue weighted by Crippen LogP contribution is 2.10. The summed E-state index contributed by atoms with van der Waals surface area (Å²) >= 11 is 0. The first kappa shape index (κ1) is 45.3. The summed E-state index contributed by atoms with van der Waals surface area (Å²) in [6, 6.07) is 0. The predicted octanol–water partition coefficient (Wildman–Crippen LogP) is 12.2. The Morgan fingerprint density at radius 1 is 0.479 bits per heavy atom. The lowest BCUT2D eigenvalue weighted by Gasteiger charge is -2.15. The van der Waals surface area contributed by atoms with Gasteiger partial charge in [0.1, 0.15) is 6.61 Å². The van der Waals surface area contributed by atoms with Gasteiger partial charge >= 0.3 is 11.9 Å². The summed E-state index contributed by atoms with van der Waals surface area (Å²) in [7, 11) is 0. The minimum absolute atomic E-state index is 0.0904. The molecule has 0 aliphatic carbocycles. The minimum Gasteiger partial charge on any atom is -0.462 e. The van der Waals surface area contributed by atoms with E-state index in [1.54, 1.807) is 0 Å². The molecule has 0 aromatic carbocycles. The normalized spacial score (nSPS) is 13.0. The molecule has 1 atom stereocenters. The molecule has 48 heavy (non-hydrogen) atoms. The number of carbonyl (C=O) groups is 2. The van der Waals surface area contributed by atoms with Crippen molar-refractivity contribution in [1.29, 1.82) is 0 Å². The zero-order valence-electron chi connectivity index (χ0n) is 31.0. The summed E-state index contributed by atoms with van der Waals surface area (Å²) in [6.45, 7) is 4.03. The number of unbranched alkanes of at least 4 members (excludes halogenated alkanes) is 14. The van der Waals surface area contributed by atoms with Crippen LogP contribution in [0.2, 0.25) is 0 Å². The number of carbonyl (C=O) groups excluding carboxylic acids is 2. The third kappa shape index (κ3) is 36.2. The van der Waals surface area contributed by atoms with E-state index in [2.05, 4.69) is 86.8 Å². The second kappa shape index (κ2) is 38.8. The summed E-state index contributed by atoms with van der Waals surface area (Å²) in [5.41, 5.74) is 0. The Labute approximate surface area is 295 Å². The van der Waals surface area contributed by atoms with E-state index >= 15 is 0 Å². The molecule has 0 spiro atoms. The molecule has 0 radical (unpaired) electrons. The van der Waals surface area contributed by atoms with Crippen LogP contribution in [-0.4, -0.2) is 36.4 Å². The van der Waals surface area contributed by atoms with Crippen molar-refractivity contribution < 1.29 is 24.2 Å². The Morgan fingerprint density at radius 2 is 0.833 bits per heavy atom. The molecule has 274 valence electrons. The van der Waals surface area contributed by atoms with Gasteiger partial charge in [-0.3, -0.25) is 9.59 Å². The van der Waals surface area contributed by atoms with E-state index in [9.17, 15) is 14.7 Å². The third-order valence-corrected chi connectivity index (χ3v) is 7.97. The number of allylic oxidation sites excluding steroid dienone is 12. The van der Waals surface area contributed by atoms with Gasteiger partial charge in [-0.15, -0.1) is 0 Å². The SMILES string of the molecule is CCCCC/C=C\C/C=C\C/C=C\CCCCCCC(=O)OC[C@H](CO)OC(=O)CCCCCC/C=C\C/C=C\C/C=C\CCCCC. The Balaban J connectivity index is 3.68. The lowest BCUT2D eigenvalue weighted by Crippen LogP contribution is -2.28. The van der Waals surface area contributed by atoms with Crippen LogP contribution in [-0.2, 0) is 19.1 Å². The smallest absolute Gasteiger partial charge is 0.306 e.